The van der Waals surface area contributed by atoms with E-state index in [1.54, 1.807) is 5.57 Å². The monoisotopic (exact) mass is 251 g/mol. The van der Waals surface area contributed by atoms with Crippen LogP contribution in [-0.4, -0.2) is 25.3 Å². The maximum absolute atomic E-state index is 6.00. The fraction of sp³-hybridized carbons (Fsp3) is 0.875. The fourth-order valence-electron chi connectivity index (χ4n) is 3.21. The molecule has 0 bridgehead atoms. The summed E-state index contributed by atoms with van der Waals surface area (Å²) in [5.41, 5.74) is 1.89. The van der Waals surface area contributed by atoms with E-state index in [0.29, 0.717) is 5.60 Å². The molecule has 0 aromatic carbocycles. The first kappa shape index (κ1) is 14.1. The van der Waals surface area contributed by atoms with Crippen LogP contribution in [0.1, 0.15) is 58.8 Å². The molecule has 2 nitrogen and oxygen atoms in total. The molecular formula is C16H29NO. The van der Waals surface area contributed by atoms with Crippen molar-refractivity contribution in [3.8, 4) is 0 Å². The molecule has 0 aromatic rings. The Kier molecular flexibility index (Phi) is 5.25. The maximum atomic E-state index is 6.00. The second kappa shape index (κ2) is 6.72. The van der Waals surface area contributed by atoms with Gasteiger partial charge in [0.1, 0.15) is 0 Å². The minimum absolute atomic E-state index is 0.290. The lowest BCUT2D eigenvalue weighted by atomic mass is 9.70. The Morgan fingerprint density at radius 2 is 2.22 bits per heavy atom. The second-order valence-corrected chi connectivity index (χ2v) is 6.06. The van der Waals surface area contributed by atoms with Crippen molar-refractivity contribution in [1.29, 1.82) is 0 Å². The highest BCUT2D eigenvalue weighted by molar-refractivity contribution is 5.08. The zero-order valence-electron chi connectivity index (χ0n) is 12.1. The first-order valence-corrected chi connectivity index (χ1v) is 7.77. The van der Waals surface area contributed by atoms with Crippen molar-refractivity contribution in [2.75, 3.05) is 19.7 Å². The van der Waals surface area contributed by atoms with Crippen molar-refractivity contribution in [3.05, 3.63) is 11.6 Å². The van der Waals surface area contributed by atoms with Gasteiger partial charge < -0.3 is 10.1 Å². The Bertz CT molecular complexity index is 281. The lowest BCUT2D eigenvalue weighted by Crippen LogP contribution is -2.45. The Morgan fingerprint density at radius 1 is 1.39 bits per heavy atom. The van der Waals surface area contributed by atoms with Gasteiger partial charge in [-0.2, -0.15) is 0 Å². The van der Waals surface area contributed by atoms with E-state index in [4.69, 9.17) is 4.74 Å². The Labute approximate surface area is 112 Å². The summed E-state index contributed by atoms with van der Waals surface area (Å²) in [5, 5.41) is 3.46. The molecule has 1 saturated carbocycles. The second-order valence-electron chi connectivity index (χ2n) is 6.06. The summed E-state index contributed by atoms with van der Waals surface area (Å²) in [6.45, 7) is 7.78. The van der Waals surface area contributed by atoms with Gasteiger partial charge in [0, 0.05) is 6.61 Å². The van der Waals surface area contributed by atoms with Crippen LogP contribution in [0.2, 0.25) is 0 Å². The molecule has 2 fully saturated rings. The van der Waals surface area contributed by atoms with Gasteiger partial charge in [-0.15, -0.1) is 0 Å². The normalized spacial score (nSPS) is 27.2. The summed E-state index contributed by atoms with van der Waals surface area (Å²) in [5.74, 6) is 0.783. The molecule has 0 radical (unpaired) electrons. The molecule has 18 heavy (non-hydrogen) atoms. The predicted molar refractivity (Wildman–Crippen MR) is 76.8 cm³/mol. The van der Waals surface area contributed by atoms with Gasteiger partial charge in [-0.3, -0.25) is 0 Å². The van der Waals surface area contributed by atoms with E-state index in [0.717, 1.165) is 25.6 Å². The van der Waals surface area contributed by atoms with E-state index in [2.05, 4.69) is 25.2 Å². The minimum Gasteiger partial charge on any atom is -0.375 e. The van der Waals surface area contributed by atoms with Crippen LogP contribution in [0.25, 0.3) is 0 Å². The van der Waals surface area contributed by atoms with Crippen LogP contribution in [0.5, 0.6) is 0 Å². The zero-order chi connectivity index (χ0) is 12.8. The molecule has 1 N–H and O–H groups in total. The topological polar surface area (TPSA) is 21.3 Å². The molecule has 0 aromatic heterocycles. The van der Waals surface area contributed by atoms with Gasteiger partial charge in [-0.05, 0) is 70.9 Å². The van der Waals surface area contributed by atoms with Crippen molar-refractivity contribution < 1.29 is 4.74 Å². The van der Waals surface area contributed by atoms with Crippen LogP contribution in [-0.2, 0) is 4.74 Å². The third-order valence-corrected chi connectivity index (χ3v) is 4.62. The van der Waals surface area contributed by atoms with E-state index < -0.39 is 0 Å². The molecule has 1 spiro atoms. The third kappa shape index (κ3) is 3.58. The molecule has 0 amide bonds. The summed E-state index contributed by atoms with van der Waals surface area (Å²) in [4.78, 5) is 0. The van der Waals surface area contributed by atoms with E-state index in [1.807, 2.05) is 0 Å². The first-order chi connectivity index (χ1) is 8.76. The van der Waals surface area contributed by atoms with Crippen molar-refractivity contribution in [3.63, 3.8) is 0 Å². The van der Waals surface area contributed by atoms with Gasteiger partial charge in [0.15, 0.2) is 0 Å². The smallest absolute Gasteiger partial charge is 0.0688 e. The van der Waals surface area contributed by atoms with E-state index in [9.17, 15) is 0 Å². The van der Waals surface area contributed by atoms with E-state index in [-0.39, 0.29) is 0 Å². The quantitative estimate of drug-likeness (QED) is 0.574. The number of ether oxygens (including phenoxy) is 1. The van der Waals surface area contributed by atoms with Gasteiger partial charge in [0.2, 0.25) is 0 Å². The Balaban J connectivity index is 1.73. The summed E-state index contributed by atoms with van der Waals surface area (Å²) in [6.07, 6.45) is 11.3. The van der Waals surface area contributed by atoms with E-state index in [1.165, 1.54) is 44.9 Å². The molecule has 2 rings (SSSR count). The van der Waals surface area contributed by atoms with Crippen LogP contribution in [0, 0.1) is 5.92 Å². The van der Waals surface area contributed by atoms with Crippen molar-refractivity contribution in [1.82, 2.24) is 5.32 Å². The van der Waals surface area contributed by atoms with Crippen LogP contribution in [0.3, 0.4) is 0 Å². The van der Waals surface area contributed by atoms with Crippen LogP contribution in [0.15, 0.2) is 11.6 Å². The molecular weight excluding hydrogens is 222 g/mol. The standard InChI is InChI=1S/C16H29NO/c1-3-10-17-11-4-6-14(2)15-7-12-18-16(13-15)8-5-9-16/h6,15,17H,3-5,7-13H2,1-2H3. The first-order valence-electron chi connectivity index (χ1n) is 7.77. The van der Waals surface area contributed by atoms with Gasteiger partial charge >= 0.3 is 0 Å². The number of hydrogen-bond acceptors (Lipinski definition) is 2. The average molecular weight is 251 g/mol. The lowest BCUT2D eigenvalue weighted by molar-refractivity contribution is -0.138. The Morgan fingerprint density at radius 3 is 2.89 bits per heavy atom. The van der Waals surface area contributed by atoms with Crippen LogP contribution in [0.4, 0.5) is 0 Å². The van der Waals surface area contributed by atoms with Crippen LogP contribution >= 0.6 is 0 Å². The average Bonchev–Trinajstić information content (AvgIpc) is 2.36. The van der Waals surface area contributed by atoms with E-state index >= 15 is 0 Å². The molecule has 1 heterocycles. The molecule has 1 aliphatic heterocycles. The Hall–Kier alpha value is -0.340. The zero-order valence-corrected chi connectivity index (χ0v) is 12.1. The fourth-order valence-corrected chi connectivity index (χ4v) is 3.21. The third-order valence-electron chi connectivity index (χ3n) is 4.62. The predicted octanol–water partition coefficient (Wildman–Crippen LogP) is 3.67. The molecule has 2 heteroatoms. The van der Waals surface area contributed by atoms with Crippen molar-refractivity contribution >= 4 is 0 Å². The van der Waals surface area contributed by atoms with Gasteiger partial charge in [0.25, 0.3) is 0 Å². The molecule has 1 aliphatic carbocycles. The highest BCUT2D eigenvalue weighted by Crippen LogP contribution is 2.45. The molecule has 1 unspecified atom stereocenters. The maximum Gasteiger partial charge on any atom is 0.0688 e. The minimum atomic E-state index is 0.290. The summed E-state index contributed by atoms with van der Waals surface area (Å²) in [6, 6.07) is 0. The SMILES string of the molecule is CCCNCCC=C(C)C1CCOC2(CCC2)C1. The highest BCUT2D eigenvalue weighted by Gasteiger charge is 2.42. The molecule has 2 aliphatic rings. The van der Waals surface area contributed by atoms with Gasteiger partial charge in [0.05, 0.1) is 5.60 Å². The van der Waals surface area contributed by atoms with Gasteiger partial charge in [-0.25, -0.2) is 0 Å². The summed E-state index contributed by atoms with van der Waals surface area (Å²) in [7, 11) is 0. The van der Waals surface area contributed by atoms with Crippen molar-refractivity contribution in [2.24, 2.45) is 5.92 Å². The number of nitrogens with one attached hydrogen (secondary N) is 1. The van der Waals surface area contributed by atoms with Gasteiger partial charge in [-0.1, -0.05) is 18.6 Å². The largest absolute Gasteiger partial charge is 0.375 e. The highest BCUT2D eigenvalue weighted by atomic mass is 16.5. The summed E-state index contributed by atoms with van der Waals surface area (Å²) >= 11 is 0. The molecule has 104 valence electrons. The molecule has 1 atom stereocenters. The summed E-state index contributed by atoms with van der Waals surface area (Å²) < 4.78 is 6.00. The number of hydrogen-bond donors (Lipinski definition) is 1. The molecule has 1 saturated heterocycles. The lowest BCUT2D eigenvalue weighted by Gasteiger charge is -2.47. The van der Waals surface area contributed by atoms with Crippen molar-refractivity contribution in [2.45, 2.75) is 64.4 Å². The van der Waals surface area contributed by atoms with Crippen LogP contribution < -0.4 is 5.32 Å². The number of allylic oxidation sites excluding steroid dienone is 1. The number of rotatable bonds is 6.